The molecule has 1 amide bonds. The molecule has 0 saturated heterocycles. The summed E-state index contributed by atoms with van der Waals surface area (Å²) < 4.78 is 4.83. The second-order valence-corrected chi connectivity index (χ2v) is 3.63. The Kier molecular flexibility index (Phi) is 3.43. The third-order valence-electron chi connectivity index (χ3n) is 2.37. The fraction of sp³-hybridized carbons (Fsp3) is 0.0769. The highest BCUT2D eigenvalue weighted by atomic mass is 16.4. The van der Waals surface area contributed by atoms with Crippen LogP contribution in [-0.4, -0.2) is 23.5 Å². The number of carboxylic acids is 1. The molecule has 2 aromatic rings. The van der Waals surface area contributed by atoms with E-state index < -0.39 is 18.4 Å². The Balaban J connectivity index is 2.31. The minimum Gasteiger partial charge on any atom is -0.480 e. The van der Waals surface area contributed by atoms with E-state index >= 15 is 0 Å². The van der Waals surface area contributed by atoms with Gasteiger partial charge in [-0.2, -0.15) is 0 Å². The lowest BCUT2D eigenvalue weighted by molar-refractivity contribution is -0.135. The normalized spacial score (nSPS) is 10.0. The molecule has 0 aliphatic carbocycles. The molecule has 1 heterocycles. The van der Waals surface area contributed by atoms with Gasteiger partial charge in [-0.05, 0) is 18.2 Å². The lowest BCUT2D eigenvalue weighted by Crippen LogP contribution is -2.35. The second-order valence-electron chi connectivity index (χ2n) is 3.63. The van der Waals surface area contributed by atoms with Crippen molar-refractivity contribution in [2.75, 3.05) is 11.4 Å². The van der Waals surface area contributed by atoms with Gasteiger partial charge in [-0.25, -0.2) is 0 Å². The molecule has 0 bridgehead atoms. The number of para-hydroxylation sites is 1. The summed E-state index contributed by atoms with van der Waals surface area (Å²) in [5.74, 6) is -1.48. The van der Waals surface area contributed by atoms with Gasteiger partial charge in [0.25, 0.3) is 5.91 Å². The number of carbonyl (C=O) groups excluding carboxylic acids is 1. The average molecular weight is 245 g/mol. The van der Waals surface area contributed by atoms with Crippen molar-refractivity contribution in [3.63, 3.8) is 0 Å². The summed E-state index contributed by atoms with van der Waals surface area (Å²) >= 11 is 0. The van der Waals surface area contributed by atoms with Gasteiger partial charge in [0, 0.05) is 5.69 Å². The summed E-state index contributed by atoms with van der Waals surface area (Å²) in [6.45, 7) is -0.395. The van der Waals surface area contributed by atoms with Crippen molar-refractivity contribution in [1.29, 1.82) is 0 Å². The molecule has 5 nitrogen and oxygen atoms in total. The van der Waals surface area contributed by atoms with Crippen LogP contribution in [0.1, 0.15) is 10.4 Å². The first kappa shape index (κ1) is 11.9. The molecule has 0 aliphatic rings. The summed E-state index contributed by atoms with van der Waals surface area (Å²) in [5, 5.41) is 8.87. The molecule has 18 heavy (non-hydrogen) atoms. The number of carboxylic acid groups (broad SMARTS) is 1. The first-order valence-corrected chi connectivity index (χ1v) is 5.29. The maximum Gasteiger partial charge on any atom is 0.323 e. The molecule has 0 spiro atoms. The highest BCUT2D eigenvalue weighted by Gasteiger charge is 2.20. The average Bonchev–Trinajstić information content (AvgIpc) is 2.90. The molecule has 0 aliphatic heterocycles. The van der Waals surface area contributed by atoms with Crippen molar-refractivity contribution in [2.45, 2.75) is 0 Å². The van der Waals surface area contributed by atoms with Crippen molar-refractivity contribution in [1.82, 2.24) is 0 Å². The maximum atomic E-state index is 12.1. The van der Waals surface area contributed by atoms with Crippen LogP contribution in [0.25, 0.3) is 0 Å². The third kappa shape index (κ3) is 2.57. The lowest BCUT2D eigenvalue weighted by Gasteiger charge is -2.19. The van der Waals surface area contributed by atoms with Crippen LogP contribution < -0.4 is 4.90 Å². The van der Waals surface area contributed by atoms with Gasteiger partial charge >= 0.3 is 5.97 Å². The Bertz CT molecular complexity index is 533. The summed E-state index contributed by atoms with van der Waals surface area (Å²) in [4.78, 5) is 24.2. The number of furan rings is 1. The van der Waals surface area contributed by atoms with E-state index in [4.69, 9.17) is 9.52 Å². The predicted molar refractivity (Wildman–Crippen MR) is 64.5 cm³/mol. The van der Waals surface area contributed by atoms with E-state index in [0.717, 1.165) is 0 Å². The monoisotopic (exact) mass is 245 g/mol. The Morgan fingerprint density at radius 1 is 1.17 bits per heavy atom. The van der Waals surface area contributed by atoms with Crippen LogP contribution in [0, 0.1) is 0 Å². The molecule has 1 aromatic heterocycles. The molecule has 0 fully saturated rings. The summed E-state index contributed by atoms with van der Waals surface area (Å²) in [7, 11) is 0. The number of hydrogen-bond donors (Lipinski definition) is 1. The Labute approximate surface area is 103 Å². The van der Waals surface area contributed by atoms with Crippen molar-refractivity contribution >= 4 is 17.6 Å². The Morgan fingerprint density at radius 3 is 2.44 bits per heavy atom. The highest BCUT2D eigenvalue weighted by Crippen LogP contribution is 2.16. The number of rotatable bonds is 4. The Morgan fingerprint density at radius 2 is 1.89 bits per heavy atom. The quantitative estimate of drug-likeness (QED) is 0.894. The zero-order chi connectivity index (χ0) is 13.0. The first-order chi connectivity index (χ1) is 8.68. The smallest absolute Gasteiger partial charge is 0.323 e. The van der Waals surface area contributed by atoms with Crippen LogP contribution in [0.3, 0.4) is 0 Å². The number of carbonyl (C=O) groups is 2. The van der Waals surface area contributed by atoms with E-state index in [1.165, 1.54) is 23.5 Å². The molecule has 0 atom stereocenters. The fourth-order valence-corrected chi connectivity index (χ4v) is 1.57. The molecule has 0 radical (unpaired) electrons. The number of benzene rings is 1. The molecule has 1 aromatic carbocycles. The van der Waals surface area contributed by atoms with Crippen LogP contribution in [0.2, 0.25) is 0 Å². The number of hydrogen-bond acceptors (Lipinski definition) is 3. The summed E-state index contributed by atoms with van der Waals surface area (Å²) in [6.07, 6.45) is 2.66. The summed E-state index contributed by atoms with van der Waals surface area (Å²) in [5.41, 5.74) is 0.853. The number of anilines is 1. The maximum absolute atomic E-state index is 12.1. The van der Waals surface area contributed by atoms with Gasteiger partial charge in [0.15, 0.2) is 0 Å². The van der Waals surface area contributed by atoms with Gasteiger partial charge in [-0.1, -0.05) is 18.2 Å². The zero-order valence-electron chi connectivity index (χ0n) is 9.45. The SMILES string of the molecule is O=C(O)CN(C(=O)c1ccoc1)c1ccccc1. The van der Waals surface area contributed by atoms with Crippen molar-refractivity contribution in [3.8, 4) is 0 Å². The number of aliphatic carboxylic acids is 1. The third-order valence-corrected chi connectivity index (χ3v) is 2.37. The van der Waals surface area contributed by atoms with Crippen LogP contribution in [0.5, 0.6) is 0 Å². The van der Waals surface area contributed by atoms with Gasteiger partial charge in [-0.15, -0.1) is 0 Å². The van der Waals surface area contributed by atoms with E-state index in [-0.39, 0.29) is 0 Å². The number of amides is 1. The largest absolute Gasteiger partial charge is 0.480 e. The topological polar surface area (TPSA) is 70.8 Å². The van der Waals surface area contributed by atoms with Crippen LogP contribution in [0.4, 0.5) is 5.69 Å². The number of nitrogens with zero attached hydrogens (tertiary/aromatic N) is 1. The minimum atomic E-state index is -1.07. The first-order valence-electron chi connectivity index (χ1n) is 5.29. The van der Waals surface area contributed by atoms with Crippen molar-refractivity contribution < 1.29 is 19.1 Å². The standard InChI is InChI=1S/C13H11NO4/c15-12(16)8-14(11-4-2-1-3-5-11)13(17)10-6-7-18-9-10/h1-7,9H,8H2,(H,15,16). The molecule has 0 unspecified atom stereocenters. The van der Waals surface area contributed by atoms with Gasteiger partial charge in [0.05, 0.1) is 11.8 Å². The van der Waals surface area contributed by atoms with Gasteiger partial charge in [-0.3, -0.25) is 14.5 Å². The van der Waals surface area contributed by atoms with E-state index in [1.807, 2.05) is 0 Å². The molecular formula is C13H11NO4. The zero-order valence-corrected chi connectivity index (χ0v) is 9.45. The second kappa shape index (κ2) is 5.18. The Hall–Kier alpha value is -2.56. The molecule has 5 heteroatoms. The lowest BCUT2D eigenvalue weighted by atomic mass is 10.2. The van der Waals surface area contributed by atoms with Crippen molar-refractivity contribution in [2.24, 2.45) is 0 Å². The van der Waals surface area contributed by atoms with E-state index in [9.17, 15) is 9.59 Å². The van der Waals surface area contributed by atoms with Gasteiger partial charge in [0.2, 0.25) is 0 Å². The molecule has 92 valence electrons. The summed E-state index contributed by atoms with van der Waals surface area (Å²) in [6, 6.07) is 10.1. The molecular weight excluding hydrogens is 234 g/mol. The van der Waals surface area contributed by atoms with Gasteiger partial charge in [0.1, 0.15) is 12.8 Å². The van der Waals surface area contributed by atoms with Gasteiger partial charge < -0.3 is 9.52 Å². The predicted octanol–water partition coefficient (Wildman–Crippen LogP) is 2.01. The van der Waals surface area contributed by atoms with Crippen LogP contribution >= 0.6 is 0 Å². The van der Waals surface area contributed by atoms with Crippen LogP contribution in [-0.2, 0) is 4.79 Å². The fourth-order valence-electron chi connectivity index (χ4n) is 1.57. The highest BCUT2D eigenvalue weighted by molar-refractivity contribution is 6.07. The minimum absolute atomic E-state index is 0.320. The molecule has 1 N–H and O–H groups in total. The van der Waals surface area contributed by atoms with E-state index in [2.05, 4.69) is 0 Å². The molecule has 2 rings (SSSR count). The van der Waals surface area contributed by atoms with E-state index in [1.54, 1.807) is 30.3 Å². The van der Waals surface area contributed by atoms with Crippen molar-refractivity contribution in [3.05, 3.63) is 54.5 Å². The molecule has 0 saturated carbocycles. The van der Waals surface area contributed by atoms with Crippen LogP contribution in [0.15, 0.2) is 53.3 Å². The van der Waals surface area contributed by atoms with E-state index in [0.29, 0.717) is 11.3 Å².